The van der Waals surface area contributed by atoms with E-state index in [4.69, 9.17) is 37.9 Å². The molecule has 4 aromatic heterocycles. The van der Waals surface area contributed by atoms with Gasteiger partial charge in [0.25, 0.3) is 0 Å². The van der Waals surface area contributed by atoms with Crippen LogP contribution in [0.5, 0.6) is 23.0 Å². The lowest BCUT2D eigenvalue weighted by atomic mass is 9.83. The van der Waals surface area contributed by atoms with Crippen molar-refractivity contribution >= 4 is 86.2 Å². The first-order valence-corrected chi connectivity index (χ1v) is 39.0. The Hall–Kier alpha value is -13.2. The molecule has 0 saturated heterocycles. The zero-order valence-corrected chi connectivity index (χ0v) is 64.1. The first-order chi connectivity index (χ1) is 56.4. The summed E-state index contributed by atoms with van der Waals surface area (Å²) in [6.07, 6.45) is 17.7. The summed E-state index contributed by atoms with van der Waals surface area (Å²) in [4.78, 5) is 0. The van der Waals surface area contributed by atoms with Gasteiger partial charge in [-0.15, -0.1) is 18.3 Å². The summed E-state index contributed by atoms with van der Waals surface area (Å²) < 4.78 is 59.7. The summed E-state index contributed by atoms with van der Waals surface area (Å²) in [5, 5.41) is 17.6. The van der Waals surface area contributed by atoms with Gasteiger partial charge in [-0.05, 0) is 133 Å². The third kappa shape index (κ3) is 12.9. The fourth-order valence-corrected chi connectivity index (χ4v) is 17.6. The Labute approximate surface area is 661 Å². The molecule has 0 saturated carbocycles. The SMILES string of the molecule is COCCOc1cc(OCCOC)c2cc1-c1c3ccccc3c(c3ccccc13)-c1cc[n+](cc1)C[n+]1ccc(cc1)-c1c3ccccc3c(c3ccccc13)-c1cc(c(OCCOC)cc1OCCOC)-c1c3ccccc3c(c3ccccc13)-c1ccc[n+](c1)C[n+]1cccc(c1)-c1c3ccccc3c-2c2ccccc12. The van der Waals surface area contributed by atoms with Crippen LogP contribution in [0.3, 0.4) is 0 Å². The maximum absolute atomic E-state index is 6.98. The van der Waals surface area contributed by atoms with Gasteiger partial charge in [-0.25, -0.2) is 0 Å². The number of hydrogen-bond acceptors (Lipinski definition) is 8. The maximum atomic E-state index is 6.98. The van der Waals surface area contributed by atoms with E-state index in [2.05, 4.69) is 335 Å². The molecule has 0 unspecified atom stereocenters. The summed E-state index contributed by atoms with van der Waals surface area (Å²) in [7, 11) is 6.84. The highest BCUT2D eigenvalue weighted by atomic mass is 16.5. The molecule has 12 nitrogen and oxygen atoms in total. The molecule has 0 N–H and O–H groups in total. The zero-order valence-electron chi connectivity index (χ0n) is 64.1. The molecule has 3 aliphatic rings. The number of rotatable bonds is 16. The van der Waals surface area contributed by atoms with Gasteiger partial charge in [0.1, 0.15) is 49.4 Å². The van der Waals surface area contributed by atoms with E-state index >= 15 is 0 Å². The van der Waals surface area contributed by atoms with E-state index in [1.807, 2.05) is 0 Å². The lowest BCUT2D eigenvalue weighted by Gasteiger charge is -2.23. The molecule has 0 spiro atoms. The van der Waals surface area contributed by atoms with Crippen LogP contribution in [0, 0.1) is 0 Å². The Morgan fingerprint density at radius 2 is 0.412 bits per heavy atom. The van der Waals surface area contributed by atoms with Crippen LogP contribution in [-0.4, -0.2) is 81.3 Å². The van der Waals surface area contributed by atoms with Crippen molar-refractivity contribution in [1.82, 2.24) is 0 Å². The van der Waals surface area contributed by atoms with Crippen molar-refractivity contribution in [3.8, 4) is 112 Å². The summed E-state index contributed by atoms with van der Waals surface area (Å²) in [6.45, 7) is 3.97. The van der Waals surface area contributed by atoms with Gasteiger partial charge < -0.3 is 37.9 Å². The van der Waals surface area contributed by atoms with E-state index in [1.54, 1.807) is 28.4 Å². The molecule has 3 aliphatic heterocycles. The van der Waals surface area contributed by atoms with Crippen molar-refractivity contribution in [1.29, 1.82) is 0 Å². The number of methoxy groups -OCH3 is 4. The molecule has 21 rings (SSSR count). The fourth-order valence-electron chi connectivity index (χ4n) is 17.6. The number of benzene rings is 14. The van der Waals surface area contributed by atoms with Gasteiger partial charge >= 0.3 is 13.3 Å². The van der Waals surface area contributed by atoms with Crippen molar-refractivity contribution < 1.29 is 56.2 Å². The summed E-state index contributed by atoms with van der Waals surface area (Å²) in [6, 6.07) is 97.4. The average Bonchev–Trinajstić information content (AvgIpc) is 0.726. The largest absolute Gasteiger partial charge is 0.490 e. The van der Waals surface area contributed by atoms with Crippen LogP contribution in [0.1, 0.15) is 0 Å². The smallest absolute Gasteiger partial charge is 0.343 e. The highest BCUT2D eigenvalue weighted by molar-refractivity contribution is 6.27. The summed E-state index contributed by atoms with van der Waals surface area (Å²) in [5.41, 5.74) is 16.9. The highest BCUT2D eigenvalue weighted by Gasteiger charge is 2.30. The molecule has 18 aromatic rings. The number of aromatic nitrogens is 4. The van der Waals surface area contributed by atoms with Crippen LogP contribution < -0.4 is 37.2 Å². The molecule has 114 heavy (non-hydrogen) atoms. The van der Waals surface area contributed by atoms with Gasteiger partial charge in [0, 0.05) is 144 Å². The quantitative estimate of drug-likeness (QED) is 0.0537. The summed E-state index contributed by atoms with van der Waals surface area (Å²) >= 11 is 0. The van der Waals surface area contributed by atoms with Crippen LogP contribution >= 0.6 is 0 Å². The van der Waals surface area contributed by atoms with Crippen molar-refractivity contribution in [2.24, 2.45) is 0 Å². The molecule has 0 radical (unpaired) electrons. The second-order valence-corrected chi connectivity index (χ2v) is 29.1. The van der Waals surface area contributed by atoms with Gasteiger partial charge in [-0.3, -0.25) is 0 Å². The maximum Gasteiger partial charge on any atom is 0.343 e. The molecule has 20 bridgehead atoms. The Morgan fingerprint density at radius 3 is 0.640 bits per heavy atom. The number of ether oxygens (including phenoxy) is 8. The van der Waals surface area contributed by atoms with Crippen LogP contribution in [0.15, 0.2) is 316 Å². The lowest BCUT2D eigenvalue weighted by Crippen LogP contribution is -2.51. The minimum atomic E-state index is 0.320. The topological polar surface area (TPSA) is 89.4 Å². The van der Waals surface area contributed by atoms with Crippen LogP contribution in [0.25, 0.3) is 175 Å². The number of hydrogen-bond donors (Lipinski definition) is 0. The molecule has 556 valence electrons. The first-order valence-electron chi connectivity index (χ1n) is 39.0. The Morgan fingerprint density at radius 1 is 0.202 bits per heavy atom. The highest BCUT2D eigenvalue weighted by Crippen LogP contribution is 2.55. The van der Waals surface area contributed by atoms with Gasteiger partial charge in [-0.1, -0.05) is 194 Å². The fraction of sp³-hybridized carbons (Fsp3) is 0.137. The van der Waals surface area contributed by atoms with Gasteiger partial charge in [-0.2, -0.15) is 0 Å². The van der Waals surface area contributed by atoms with Crippen molar-refractivity contribution in [3.05, 3.63) is 316 Å². The Kier molecular flexibility index (Phi) is 19.4. The molecule has 7 heterocycles. The van der Waals surface area contributed by atoms with Crippen LogP contribution in [-0.2, 0) is 32.3 Å². The first kappa shape index (κ1) is 71.1. The number of pyridine rings is 4. The predicted molar refractivity (Wildman–Crippen MR) is 457 cm³/mol. The minimum Gasteiger partial charge on any atom is -0.490 e. The second kappa shape index (κ2) is 31.2. The predicted octanol–water partition coefficient (Wildman–Crippen LogP) is 20.8. The van der Waals surface area contributed by atoms with Crippen molar-refractivity contribution in [3.63, 3.8) is 0 Å². The van der Waals surface area contributed by atoms with E-state index in [0.29, 0.717) is 89.2 Å². The Bertz CT molecular complexity index is 6130. The molecule has 0 atom stereocenters. The van der Waals surface area contributed by atoms with E-state index in [9.17, 15) is 0 Å². The number of fused-ring (bicyclic) bond motifs is 6. The lowest BCUT2D eigenvalue weighted by molar-refractivity contribution is -0.913. The van der Waals surface area contributed by atoms with Gasteiger partial charge in [0.05, 0.1) is 26.4 Å². The molecule has 0 fully saturated rings. The van der Waals surface area contributed by atoms with E-state index in [0.717, 1.165) is 175 Å². The molecule has 0 aliphatic carbocycles. The normalized spacial score (nSPS) is 12.0. The standard InChI is InChI=1S/C102H84N4O8/c1-107-51-55-111-91-61-93(113-57-53-109-3)89-59-87(91)99-79-33-13-5-25-71(79)95(72-26-6-14-34-80(72)99)67-41-47-103(48-42-67)65-104-49-43-68(44-50-104)96-73-27-7-15-35-81(73)100(82-36-16-8-28-74(82)96)88-60-90(94(114-58-54-110-4)62-92(88)112-56-52-108-2)102-85-39-19-11-31-77(85)98(78-32-12-20-40-86(78)102)70-24-22-46-106(64-70)66-105-45-21-23-69(63-105)97-75-29-9-17-37-83(75)101(89)84-38-18-10-30-76(84)97/h5-50,59-64H,51-58,65-66H2,1-4H3/q+4. The average molecular weight is 1490 g/mol. The van der Waals surface area contributed by atoms with E-state index in [-0.39, 0.29) is 0 Å². The monoisotopic (exact) mass is 1490 g/mol. The van der Waals surface area contributed by atoms with Crippen molar-refractivity contribution in [2.45, 2.75) is 13.3 Å². The summed E-state index contributed by atoms with van der Waals surface area (Å²) in [5.74, 6) is 2.74. The zero-order chi connectivity index (χ0) is 76.6. The molecule has 0 amide bonds. The third-order valence-corrected chi connectivity index (χ3v) is 22.5. The van der Waals surface area contributed by atoms with E-state index < -0.39 is 0 Å². The molecular formula is C102H84N4O8+4. The molecule has 12 heteroatoms. The van der Waals surface area contributed by atoms with Crippen LogP contribution in [0.2, 0.25) is 0 Å². The Balaban J connectivity index is 0.855. The number of nitrogens with zero attached hydrogens (tertiary/aromatic N) is 4. The second-order valence-electron chi connectivity index (χ2n) is 29.1. The van der Waals surface area contributed by atoms with Crippen molar-refractivity contribution in [2.75, 3.05) is 81.3 Å². The van der Waals surface area contributed by atoms with Crippen LogP contribution in [0.4, 0.5) is 0 Å². The minimum absolute atomic E-state index is 0.320. The third-order valence-electron chi connectivity index (χ3n) is 22.5. The molecular weight excluding hydrogens is 1410 g/mol. The van der Waals surface area contributed by atoms with E-state index in [1.165, 1.54) is 0 Å². The van der Waals surface area contributed by atoms with Gasteiger partial charge in [0.2, 0.25) is 0 Å². The van der Waals surface area contributed by atoms with Gasteiger partial charge in [0.15, 0.2) is 49.6 Å². The molecule has 14 aromatic carbocycles.